The van der Waals surface area contributed by atoms with Crippen LogP contribution in [0.5, 0.6) is 5.75 Å². The number of thiophene rings is 1. The second-order valence-electron chi connectivity index (χ2n) is 5.15. The first kappa shape index (κ1) is 16.7. The first-order valence-electron chi connectivity index (χ1n) is 7.36. The maximum absolute atomic E-state index is 12.1. The number of nitrogens with one attached hydrogen (secondary N) is 1. The Bertz CT molecular complexity index is 916. The number of nitrogens with zero attached hydrogens (tertiary/aromatic N) is 2. The van der Waals surface area contributed by atoms with Crippen LogP contribution in [0.1, 0.15) is 9.67 Å². The zero-order valence-electron chi connectivity index (χ0n) is 13.3. The summed E-state index contributed by atoms with van der Waals surface area (Å²) in [6.45, 7) is 0.0500. The van der Waals surface area contributed by atoms with Crippen molar-refractivity contribution in [2.75, 3.05) is 12.4 Å². The van der Waals surface area contributed by atoms with Gasteiger partial charge in [0.05, 0.1) is 12.0 Å². The third kappa shape index (κ3) is 4.04. The molecular weight excluding hydrogens is 342 g/mol. The van der Waals surface area contributed by atoms with E-state index in [0.717, 1.165) is 16.2 Å². The Kier molecular flexibility index (Phi) is 4.80. The highest BCUT2D eigenvalue weighted by molar-refractivity contribution is 7.17. The first-order chi connectivity index (χ1) is 12.0. The minimum Gasteiger partial charge on any atom is -0.497 e. The number of benzene rings is 1. The minimum atomic E-state index is -0.964. The lowest BCUT2D eigenvalue weighted by Crippen LogP contribution is -2.19. The Hall–Kier alpha value is -3.13. The summed E-state index contributed by atoms with van der Waals surface area (Å²) in [5.41, 5.74) is 1.27. The van der Waals surface area contributed by atoms with Crippen LogP contribution in [0.4, 0.5) is 5.69 Å². The molecule has 1 amide bonds. The van der Waals surface area contributed by atoms with Crippen LogP contribution in [-0.2, 0) is 11.3 Å². The zero-order chi connectivity index (χ0) is 17.8. The number of carboxylic acids is 1. The molecule has 1 aromatic carbocycles. The molecule has 0 spiro atoms. The van der Waals surface area contributed by atoms with E-state index in [0.29, 0.717) is 17.1 Å². The number of methoxy groups -OCH3 is 1. The quantitative estimate of drug-likeness (QED) is 0.707. The number of hydrogen-bond acceptors (Lipinski definition) is 5. The van der Waals surface area contributed by atoms with Crippen molar-refractivity contribution in [1.29, 1.82) is 0 Å². The van der Waals surface area contributed by atoms with E-state index in [9.17, 15) is 9.59 Å². The van der Waals surface area contributed by atoms with E-state index in [1.807, 2.05) is 0 Å². The Morgan fingerprint density at radius 2 is 2.12 bits per heavy atom. The Morgan fingerprint density at radius 1 is 1.28 bits per heavy atom. The van der Waals surface area contributed by atoms with Gasteiger partial charge in [-0.1, -0.05) is 6.07 Å². The van der Waals surface area contributed by atoms with Crippen LogP contribution in [0.25, 0.3) is 10.6 Å². The number of carbonyl (C=O) groups is 2. The van der Waals surface area contributed by atoms with E-state index in [1.165, 1.54) is 10.7 Å². The Balaban J connectivity index is 1.66. The van der Waals surface area contributed by atoms with Crippen LogP contribution >= 0.6 is 11.3 Å². The van der Waals surface area contributed by atoms with Crippen LogP contribution in [-0.4, -0.2) is 33.9 Å². The van der Waals surface area contributed by atoms with Crippen molar-refractivity contribution in [3.05, 3.63) is 53.5 Å². The smallest absolute Gasteiger partial charge is 0.345 e. The first-order valence-corrected chi connectivity index (χ1v) is 8.17. The number of rotatable bonds is 6. The molecule has 7 nitrogen and oxygen atoms in total. The molecule has 0 unspecified atom stereocenters. The van der Waals surface area contributed by atoms with Gasteiger partial charge in [-0.3, -0.25) is 9.48 Å². The van der Waals surface area contributed by atoms with E-state index in [1.54, 1.807) is 49.7 Å². The summed E-state index contributed by atoms with van der Waals surface area (Å²) in [7, 11) is 1.56. The number of carboxylic acid groups (broad SMARTS) is 1. The van der Waals surface area contributed by atoms with Gasteiger partial charge in [0.2, 0.25) is 5.91 Å². The Morgan fingerprint density at radius 3 is 2.84 bits per heavy atom. The van der Waals surface area contributed by atoms with Gasteiger partial charge in [-0.15, -0.1) is 11.3 Å². The molecule has 0 aliphatic heterocycles. The van der Waals surface area contributed by atoms with Gasteiger partial charge in [0.1, 0.15) is 22.9 Å². The summed E-state index contributed by atoms with van der Waals surface area (Å²) in [6.07, 6.45) is 1.68. The van der Waals surface area contributed by atoms with Crippen molar-refractivity contribution in [3.63, 3.8) is 0 Å². The van der Waals surface area contributed by atoms with Gasteiger partial charge in [0.15, 0.2) is 0 Å². The molecule has 3 rings (SSSR count). The van der Waals surface area contributed by atoms with E-state index < -0.39 is 5.97 Å². The van der Waals surface area contributed by atoms with Crippen molar-refractivity contribution in [3.8, 4) is 16.3 Å². The van der Waals surface area contributed by atoms with Gasteiger partial charge in [-0.2, -0.15) is 5.10 Å². The normalized spacial score (nSPS) is 10.4. The third-order valence-corrected chi connectivity index (χ3v) is 4.46. The van der Waals surface area contributed by atoms with Crippen LogP contribution in [0.2, 0.25) is 0 Å². The highest BCUT2D eigenvalue weighted by Gasteiger charge is 2.11. The van der Waals surface area contributed by atoms with Crippen LogP contribution in [0.3, 0.4) is 0 Å². The molecular formula is C17H15N3O4S. The van der Waals surface area contributed by atoms with E-state index in [2.05, 4.69) is 10.4 Å². The van der Waals surface area contributed by atoms with Gasteiger partial charge in [0, 0.05) is 18.0 Å². The Labute approximate surface area is 147 Å². The topological polar surface area (TPSA) is 93.5 Å². The molecule has 0 bridgehead atoms. The molecule has 0 saturated carbocycles. The fraction of sp³-hybridized carbons (Fsp3) is 0.118. The largest absolute Gasteiger partial charge is 0.497 e. The average Bonchev–Trinajstić information content (AvgIpc) is 3.24. The molecule has 2 heterocycles. The van der Waals surface area contributed by atoms with E-state index >= 15 is 0 Å². The summed E-state index contributed by atoms with van der Waals surface area (Å²) >= 11 is 1.14. The van der Waals surface area contributed by atoms with Crippen molar-refractivity contribution < 1.29 is 19.4 Å². The zero-order valence-corrected chi connectivity index (χ0v) is 14.1. The number of aromatic carboxylic acids is 1. The minimum absolute atomic E-state index is 0.0500. The van der Waals surface area contributed by atoms with Gasteiger partial charge in [-0.25, -0.2) is 4.79 Å². The second-order valence-corrected chi connectivity index (χ2v) is 6.23. The molecule has 25 heavy (non-hydrogen) atoms. The van der Waals surface area contributed by atoms with Crippen LogP contribution < -0.4 is 10.1 Å². The molecule has 0 saturated heterocycles. The molecule has 2 aromatic heterocycles. The van der Waals surface area contributed by atoms with Crippen LogP contribution in [0.15, 0.2) is 48.7 Å². The summed E-state index contributed by atoms with van der Waals surface area (Å²) in [4.78, 5) is 24.1. The lowest BCUT2D eigenvalue weighted by Gasteiger charge is -2.07. The third-order valence-electron chi connectivity index (χ3n) is 3.37. The highest BCUT2D eigenvalue weighted by Crippen LogP contribution is 2.26. The van der Waals surface area contributed by atoms with E-state index in [4.69, 9.17) is 9.84 Å². The molecule has 0 fully saturated rings. The molecule has 0 aliphatic rings. The molecule has 2 N–H and O–H groups in total. The number of carbonyl (C=O) groups excluding carboxylic acids is 1. The summed E-state index contributed by atoms with van der Waals surface area (Å²) < 4.78 is 6.62. The standard InChI is InChI=1S/C17H15N3O4S/c1-24-12-4-2-3-11(9-12)18-16(21)10-20-8-7-13(19-20)14-5-6-15(25-14)17(22)23/h2-9H,10H2,1H3,(H,18,21)(H,22,23). The summed E-state index contributed by atoms with van der Waals surface area (Å²) in [6, 6.07) is 12.1. The molecule has 0 atom stereocenters. The summed E-state index contributed by atoms with van der Waals surface area (Å²) in [5.74, 6) is -0.528. The van der Waals surface area contributed by atoms with Gasteiger partial charge >= 0.3 is 5.97 Å². The monoisotopic (exact) mass is 357 g/mol. The number of anilines is 1. The lowest BCUT2D eigenvalue weighted by molar-refractivity contribution is -0.116. The molecule has 0 radical (unpaired) electrons. The van der Waals surface area contributed by atoms with Crippen molar-refractivity contribution >= 4 is 28.9 Å². The predicted octanol–water partition coefficient (Wildman–Crippen LogP) is 2.96. The summed E-state index contributed by atoms with van der Waals surface area (Å²) in [5, 5.41) is 16.1. The number of amides is 1. The van der Waals surface area contributed by atoms with Gasteiger partial charge < -0.3 is 15.2 Å². The van der Waals surface area contributed by atoms with Gasteiger partial charge in [-0.05, 0) is 30.3 Å². The van der Waals surface area contributed by atoms with Crippen molar-refractivity contribution in [2.45, 2.75) is 6.54 Å². The second kappa shape index (κ2) is 7.18. The SMILES string of the molecule is COc1cccc(NC(=O)Cn2ccc(-c3ccc(C(=O)O)s3)n2)c1. The highest BCUT2D eigenvalue weighted by atomic mass is 32.1. The van der Waals surface area contributed by atoms with Crippen LogP contribution in [0, 0.1) is 0 Å². The fourth-order valence-electron chi connectivity index (χ4n) is 2.22. The molecule has 128 valence electrons. The van der Waals surface area contributed by atoms with Crippen molar-refractivity contribution in [1.82, 2.24) is 9.78 Å². The lowest BCUT2D eigenvalue weighted by atomic mass is 10.3. The molecule has 0 aliphatic carbocycles. The molecule has 3 aromatic rings. The van der Waals surface area contributed by atoms with Gasteiger partial charge in [0.25, 0.3) is 0 Å². The number of hydrogen-bond donors (Lipinski definition) is 2. The van der Waals surface area contributed by atoms with Crippen molar-refractivity contribution in [2.24, 2.45) is 0 Å². The maximum atomic E-state index is 12.1. The number of aromatic nitrogens is 2. The predicted molar refractivity (Wildman–Crippen MR) is 94.1 cm³/mol. The fourth-order valence-corrected chi connectivity index (χ4v) is 3.03. The maximum Gasteiger partial charge on any atom is 0.345 e. The average molecular weight is 357 g/mol. The molecule has 8 heteroatoms. The number of ether oxygens (including phenoxy) is 1. The van der Waals surface area contributed by atoms with E-state index in [-0.39, 0.29) is 17.3 Å².